The number of phenolic OH excluding ortho intramolecular Hbond substituents is 4. The molecular formula is C28H21NO9. The van der Waals surface area contributed by atoms with E-state index >= 15 is 0 Å². The Labute approximate surface area is 214 Å². The number of rotatable bonds is 5. The number of benzene rings is 3. The van der Waals surface area contributed by atoms with Crippen LogP contribution in [0.3, 0.4) is 0 Å². The zero-order valence-corrected chi connectivity index (χ0v) is 19.9. The van der Waals surface area contributed by atoms with E-state index in [0.29, 0.717) is 11.1 Å². The number of pyridine rings is 1. The summed E-state index contributed by atoms with van der Waals surface area (Å²) in [7, 11) is 1.21. The predicted octanol–water partition coefficient (Wildman–Crippen LogP) is 4.23. The molecule has 2 heterocycles. The molecule has 38 heavy (non-hydrogen) atoms. The summed E-state index contributed by atoms with van der Waals surface area (Å²) >= 11 is 0. The van der Waals surface area contributed by atoms with E-state index in [1.54, 1.807) is 24.4 Å². The number of methoxy groups -OCH3 is 1. The van der Waals surface area contributed by atoms with Crippen LogP contribution in [-0.4, -0.2) is 43.6 Å². The molecule has 0 fully saturated rings. The summed E-state index contributed by atoms with van der Waals surface area (Å²) in [5.74, 6) is -4.96. The Balaban J connectivity index is 1.88. The van der Waals surface area contributed by atoms with Crippen LogP contribution in [0.2, 0.25) is 0 Å². The summed E-state index contributed by atoms with van der Waals surface area (Å²) in [5.41, 5.74) is -0.274. The smallest absolute Gasteiger partial charge is 0.306 e. The molecule has 0 aliphatic heterocycles. The molecule has 192 valence electrons. The van der Waals surface area contributed by atoms with Crippen LogP contribution in [-0.2, 0) is 9.53 Å². The minimum absolute atomic E-state index is 0.0253. The van der Waals surface area contributed by atoms with Gasteiger partial charge >= 0.3 is 5.97 Å². The minimum Gasteiger partial charge on any atom is -0.507 e. The molecule has 10 nitrogen and oxygen atoms in total. The second-order valence-corrected chi connectivity index (χ2v) is 8.60. The first-order valence-corrected chi connectivity index (χ1v) is 11.4. The minimum atomic E-state index is -1.01. The number of carbonyl (C=O) groups excluding carboxylic acids is 1. The van der Waals surface area contributed by atoms with Crippen LogP contribution in [0, 0.1) is 0 Å². The van der Waals surface area contributed by atoms with E-state index in [1.807, 2.05) is 12.1 Å². The SMILES string of the molecule is COC(=O)C[C@H](c1cccc2cccnc12)c1c(O)cc(O)c2c(=O)c(O)c(-c3ccc(O)c(O)c3)oc12. The summed E-state index contributed by atoms with van der Waals surface area (Å²) in [6.07, 6.45) is 1.28. The van der Waals surface area contributed by atoms with Gasteiger partial charge in [-0.3, -0.25) is 14.6 Å². The Kier molecular flexibility index (Phi) is 6.00. The standard InChI is InChI=1S/C28H21NO9/c1-37-21(34)11-16(15-6-2-4-13-5-3-9-29-24(13)15)22-19(32)12-20(33)23-25(35)26(36)27(38-28(22)23)14-7-8-17(30)18(31)10-14/h2-10,12,16,30-33,36H,11H2,1H3/t16-/m1/s1. The fourth-order valence-electron chi connectivity index (χ4n) is 4.57. The van der Waals surface area contributed by atoms with Gasteiger partial charge in [-0.1, -0.05) is 24.3 Å². The molecule has 2 aromatic heterocycles. The molecule has 10 heteroatoms. The summed E-state index contributed by atoms with van der Waals surface area (Å²) in [5, 5.41) is 52.2. The zero-order valence-electron chi connectivity index (χ0n) is 19.9. The topological polar surface area (TPSA) is 171 Å². The largest absolute Gasteiger partial charge is 0.507 e. The monoisotopic (exact) mass is 515 g/mol. The Morgan fingerprint density at radius 3 is 2.45 bits per heavy atom. The first-order chi connectivity index (χ1) is 18.2. The summed E-state index contributed by atoms with van der Waals surface area (Å²) in [6.45, 7) is 0. The van der Waals surface area contributed by atoms with E-state index in [9.17, 15) is 35.1 Å². The van der Waals surface area contributed by atoms with E-state index in [2.05, 4.69) is 4.98 Å². The first kappa shape index (κ1) is 24.4. The maximum Gasteiger partial charge on any atom is 0.306 e. The van der Waals surface area contributed by atoms with Crippen molar-refractivity contribution in [1.82, 2.24) is 4.98 Å². The van der Waals surface area contributed by atoms with Crippen molar-refractivity contribution in [2.75, 3.05) is 7.11 Å². The van der Waals surface area contributed by atoms with Crippen molar-refractivity contribution in [1.29, 1.82) is 0 Å². The summed E-state index contributed by atoms with van der Waals surface area (Å²) in [6, 6.07) is 13.3. The Morgan fingerprint density at radius 1 is 0.947 bits per heavy atom. The highest BCUT2D eigenvalue weighted by Gasteiger charge is 2.31. The van der Waals surface area contributed by atoms with Crippen LogP contribution in [0.5, 0.6) is 28.7 Å². The molecule has 0 amide bonds. The quantitative estimate of drug-likeness (QED) is 0.168. The van der Waals surface area contributed by atoms with Crippen molar-refractivity contribution < 1.29 is 39.5 Å². The first-order valence-electron chi connectivity index (χ1n) is 11.4. The summed E-state index contributed by atoms with van der Waals surface area (Å²) in [4.78, 5) is 30.2. The second-order valence-electron chi connectivity index (χ2n) is 8.60. The van der Waals surface area contributed by atoms with Crippen molar-refractivity contribution in [3.8, 4) is 40.1 Å². The number of para-hydroxylation sites is 1. The van der Waals surface area contributed by atoms with Gasteiger partial charge in [0, 0.05) is 34.7 Å². The van der Waals surface area contributed by atoms with Gasteiger partial charge in [0.1, 0.15) is 22.5 Å². The molecule has 1 atom stereocenters. The molecule has 3 aromatic carbocycles. The lowest BCUT2D eigenvalue weighted by atomic mass is 9.85. The van der Waals surface area contributed by atoms with Gasteiger partial charge in [0.2, 0.25) is 11.2 Å². The molecule has 0 saturated carbocycles. The number of ether oxygens (including phenoxy) is 1. The normalized spacial score (nSPS) is 12.0. The van der Waals surface area contributed by atoms with E-state index in [1.165, 1.54) is 13.2 Å². The molecule has 0 unspecified atom stereocenters. The fourth-order valence-corrected chi connectivity index (χ4v) is 4.57. The van der Waals surface area contributed by atoms with Crippen LogP contribution in [0.15, 0.2) is 70.0 Å². The van der Waals surface area contributed by atoms with Crippen molar-refractivity contribution in [2.45, 2.75) is 12.3 Å². The number of esters is 1. The molecule has 5 aromatic rings. The average Bonchev–Trinajstić information content (AvgIpc) is 2.90. The molecule has 5 rings (SSSR count). The van der Waals surface area contributed by atoms with Gasteiger partial charge in [-0.05, 0) is 29.8 Å². The Hall–Kier alpha value is -5.25. The van der Waals surface area contributed by atoms with Crippen molar-refractivity contribution in [3.05, 3.63) is 82.1 Å². The van der Waals surface area contributed by atoms with Crippen LogP contribution in [0.25, 0.3) is 33.2 Å². The average molecular weight is 515 g/mol. The van der Waals surface area contributed by atoms with Crippen molar-refractivity contribution in [2.24, 2.45) is 0 Å². The molecule has 0 aliphatic carbocycles. The van der Waals surface area contributed by atoms with Gasteiger partial charge in [-0.15, -0.1) is 0 Å². The van der Waals surface area contributed by atoms with Gasteiger partial charge in [0.25, 0.3) is 0 Å². The number of nitrogens with zero attached hydrogens (tertiary/aromatic N) is 1. The molecule has 0 radical (unpaired) electrons. The predicted molar refractivity (Wildman–Crippen MR) is 136 cm³/mol. The number of fused-ring (bicyclic) bond motifs is 2. The molecular weight excluding hydrogens is 494 g/mol. The molecule has 5 N–H and O–H groups in total. The molecule has 0 bridgehead atoms. The number of hydrogen-bond acceptors (Lipinski definition) is 10. The highest BCUT2D eigenvalue weighted by atomic mass is 16.5. The van der Waals surface area contributed by atoms with Gasteiger partial charge in [0.15, 0.2) is 17.3 Å². The lowest BCUT2D eigenvalue weighted by Gasteiger charge is -2.21. The Bertz CT molecular complexity index is 1790. The highest BCUT2D eigenvalue weighted by Crippen LogP contribution is 2.45. The zero-order chi connectivity index (χ0) is 27.1. The fraction of sp³-hybridized carbons (Fsp3) is 0.107. The third-order valence-electron chi connectivity index (χ3n) is 6.36. The number of aromatic hydroxyl groups is 5. The van der Waals surface area contributed by atoms with Crippen LogP contribution < -0.4 is 5.43 Å². The van der Waals surface area contributed by atoms with E-state index in [0.717, 1.165) is 23.6 Å². The van der Waals surface area contributed by atoms with Crippen LogP contribution in [0.1, 0.15) is 23.5 Å². The molecule has 0 spiro atoms. The maximum atomic E-state index is 13.2. The summed E-state index contributed by atoms with van der Waals surface area (Å²) < 4.78 is 10.8. The van der Waals surface area contributed by atoms with Gasteiger partial charge in [0.05, 0.1) is 19.0 Å². The lowest BCUT2D eigenvalue weighted by molar-refractivity contribution is -0.140. The van der Waals surface area contributed by atoms with Crippen LogP contribution in [0.4, 0.5) is 0 Å². The third kappa shape index (κ3) is 3.97. The van der Waals surface area contributed by atoms with Crippen LogP contribution >= 0.6 is 0 Å². The number of aromatic nitrogens is 1. The van der Waals surface area contributed by atoms with E-state index in [-0.39, 0.29) is 23.1 Å². The lowest BCUT2D eigenvalue weighted by Crippen LogP contribution is -2.13. The third-order valence-corrected chi connectivity index (χ3v) is 6.36. The number of hydrogen-bond donors (Lipinski definition) is 5. The highest BCUT2D eigenvalue weighted by molar-refractivity contribution is 5.93. The van der Waals surface area contributed by atoms with Crippen molar-refractivity contribution >= 4 is 27.8 Å². The second kappa shape index (κ2) is 9.32. The van der Waals surface area contributed by atoms with E-state index < -0.39 is 57.2 Å². The van der Waals surface area contributed by atoms with Gasteiger partial charge in [-0.2, -0.15) is 0 Å². The Morgan fingerprint density at radius 2 is 1.71 bits per heavy atom. The van der Waals surface area contributed by atoms with Gasteiger partial charge in [-0.25, -0.2) is 0 Å². The molecule has 0 saturated heterocycles. The van der Waals surface area contributed by atoms with Crippen molar-refractivity contribution in [3.63, 3.8) is 0 Å². The number of phenols is 4. The van der Waals surface area contributed by atoms with E-state index in [4.69, 9.17) is 9.15 Å². The molecule has 0 aliphatic rings. The van der Waals surface area contributed by atoms with Gasteiger partial charge < -0.3 is 34.7 Å². The number of carbonyl (C=O) groups is 1. The maximum absolute atomic E-state index is 13.2.